The molecule has 1 rings (SSSR count). The molecule has 17 heavy (non-hydrogen) atoms. The maximum atomic E-state index is 8.98. The summed E-state index contributed by atoms with van der Waals surface area (Å²) in [4.78, 5) is 0. The molecule has 0 aliphatic carbocycles. The number of hydrogen-bond donors (Lipinski definition) is 2. The van der Waals surface area contributed by atoms with Crippen LogP contribution in [0, 0.1) is 0 Å². The summed E-state index contributed by atoms with van der Waals surface area (Å²) < 4.78 is 5.12. The fourth-order valence-electron chi connectivity index (χ4n) is 1.84. The normalized spacial score (nSPS) is 14.6. The average Bonchev–Trinajstić information content (AvgIpc) is 2.30. The summed E-state index contributed by atoms with van der Waals surface area (Å²) in [6.07, 6.45) is 0.669. The lowest BCUT2D eigenvalue weighted by Crippen LogP contribution is -2.36. The van der Waals surface area contributed by atoms with Gasteiger partial charge in [-0.15, -0.1) is 0 Å². The number of aliphatic hydroxyl groups excluding tert-OH is 1. The second kappa shape index (κ2) is 7.67. The maximum absolute atomic E-state index is 8.98. The predicted molar refractivity (Wildman–Crippen MR) is 70.4 cm³/mol. The number of ether oxygens (including phenoxy) is 1. The van der Waals surface area contributed by atoms with Gasteiger partial charge in [-0.05, 0) is 25.0 Å². The Hall–Kier alpha value is -0.610. The highest BCUT2D eigenvalue weighted by Crippen LogP contribution is 2.22. The molecule has 0 bridgehead atoms. The number of halogens is 1. The standard InChI is InChI=1S/C13H20ClNO2/c1-10(12-5-3-4-6-13(12)14)15-11(7-8-16)9-17-2/h3-6,10-11,15-16H,7-9H2,1-2H3. The number of aliphatic hydroxyl groups is 1. The summed E-state index contributed by atoms with van der Waals surface area (Å²) in [5.41, 5.74) is 1.06. The summed E-state index contributed by atoms with van der Waals surface area (Å²) in [6.45, 7) is 2.78. The monoisotopic (exact) mass is 257 g/mol. The van der Waals surface area contributed by atoms with E-state index < -0.39 is 0 Å². The Kier molecular flexibility index (Phi) is 6.52. The van der Waals surface area contributed by atoms with Crippen LogP contribution < -0.4 is 5.32 Å². The van der Waals surface area contributed by atoms with E-state index in [-0.39, 0.29) is 18.7 Å². The molecule has 96 valence electrons. The largest absolute Gasteiger partial charge is 0.396 e. The molecule has 0 heterocycles. The van der Waals surface area contributed by atoms with Crippen LogP contribution in [-0.2, 0) is 4.74 Å². The van der Waals surface area contributed by atoms with Gasteiger partial charge in [-0.25, -0.2) is 0 Å². The Balaban J connectivity index is 2.63. The van der Waals surface area contributed by atoms with Crippen LogP contribution in [0.5, 0.6) is 0 Å². The zero-order valence-electron chi connectivity index (χ0n) is 10.3. The molecule has 1 aromatic rings. The third kappa shape index (κ3) is 4.64. The molecule has 2 N–H and O–H groups in total. The molecule has 0 aromatic heterocycles. The van der Waals surface area contributed by atoms with Gasteiger partial charge in [0.1, 0.15) is 0 Å². The molecule has 0 saturated carbocycles. The fourth-order valence-corrected chi connectivity index (χ4v) is 2.14. The van der Waals surface area contributed by atoms with Crippen LogP contribution in [0.4, 0.5) is 0 Å². The molecule has 4 heteroatoms. The van der Waals surface area contributed by atoms with E-state index in [1.54, 1.807) is 7.11 Å². The van der Waals surface area contributed by atoms with Crippen molar-refractivity contribution in [2.24, 2.45) is 0 Å². The molecule has 0 aliphatic rings. The molecule has 2 atom stereocenters. The van der Waals surface area contributed by atoms with Crippen molar-refractivity contribution in [1.29, 1.82) is 0 Å². The minimum Gasteiger partial charge on any atom is -0.396 e. The molecule has 2 unspecified atom stereocenters. The van der Waals surface area contributed by atoms with Gasteiger partial charge in [-0.3, -0.25) is 0 Å². The number of methoxy groups -OCH3 is 1. The van der Waals surface area contributed by atoms with E-state index in [0.29, 0.717) is 13.0 Å². The zero-order valence-corrected chi connectivity index (χ0v) is 11.1. The van der Waals surface area contributed by atoms with Crippen LogP contribution in [0.2, 0.25) is 5.02 Å². The molecule has 0 fully saturated rings. The Morgan fingerprint density at radius 2 is 2.12 bits per heavy atom. The summed E-state index contributed by atoms with van der Waals surface area (Å²) in [5.74, 6) is 0. The highest BCUT2D eigenvalue weighted by molar-refractivity contribution is 6.31. The summed E-state index contributed by atoms with van der Waals surface area (Å²) in [7, 11) is 1.66. The average molecular weight is 258 g/mol. The lowest BCUT2D eigenvalue weighted by atomic mass is 10.1. The first-order valence-corrected chi connectivity index (χ1v) is 6.17. The zero-order chi connectivity index (χ0) is 12.7. The van der Waals surface area contributed by atoms with Crippen LogP contribution in [0.25, 0.3) is 0 Å². The van der Waals surface area contributed by atoms with E-state index in [0.717, 1.165) is 10.6 Å². The fraction of sp³-hybridized carbons (Fsp3) is 0.538. The van der Waals surface area contributed by atoms with Crippen LogP contribution in [0.1, 0.15) is 24.9 Å². The van der Waals surface area contributed by atoms with Crippen molar-refractivity contribution >= 4 is 11.6 Å². The lowest BCUT2D eigenvalue weighted by Gasteiger charge is -2.23. The molecule has 3 nitrogen and oxygen atoms in total. The SMILES string of the molecule is COCC(CCO)NC(C)c1ccccc1Cl. The number of benzene rings is 1. The second-order valence-electron chi connectivity index (χ2n) is 4.07. The first kappa shape index (κ1) is 14.5. The maximum Gasteiger partial charge on any atom is 0.0616 e. The third-order valence-electron chi connectivity index (χ3n) is 2.70. The van der Waals surface area contributed by atoms with Gasteiger partial charge in [0.2, 0.25) is 0 Å². The Labute approximate surface area is 108 Å². The van der Waals surface area contributed by atoms with Gasteiger partial charge in [-0.2, -0.15) is 0 Å². The van der Waals surface area contributed by atoms with Crippen molar-refractivity contribution in [1.82, 2.24) is 5.32 Å². The molecular formula is C13H20ClNO2. The molecule has 0 amide bonds. The smallest absolute Gasteiger partial charge is 0.0616 e. The Morgan fingerprint density at radius 1 is 1.41 bits per heavy atom. The van der Waals surface area contributed by atoms with Crippen molar-refractivity contribution < 1.29 is 9.84 Å². The lowest BCUT2D eigenvalue weighted by molar-refractivity contribution is 0.143. The van der Waals surface area contributed by atoms with E-state index in [2.05, 4.69) is 12.2 Å². The van der Waals surface area contributed by atoms with E-state index in [1.165, 1.54) is 0 Å². The van der Waals surface area contributed by atoms with Crippen LogP contribution in [0.15, 0.2) is 24.3 Å². The van der Waals surface area contributed by atoms with Crippen molar-refractivity contribution in [3.05, 3.63) is 34.9 Å². The van der Waals surface area contributed by atoms with Gasteiger partial charge in [0.15, 0.2) is 0 Å². The van der Waals surface area contributed by atoms with Gasteiger partial charge in [0.05, 0.1) is 6.61 Å². The minimum absolute atomic E-state index is 0.135. The summed E-state index contributed by atoms with van der Waals surface area (Å²) in [5, 5.41) is 13.1. The van der Waals surface area contributed by atoms with Crippen LogP contribution in [0.3, 0.4) is 0 Å². The molecule has 0 spiro atoms. The molecule has 1 aromatic carbocycles. The Morgan fingerprint density at radius 3 is 2.71 bits per heavy atom. The second-order valence-corrected chi connectivity index (χ2v) is 4.48. The van der Waals surface area contributed by atoms with Crippen molar-refractivity contribution in [2.45, 2.75) is 25.4 Å². The molecular weight excluding hydrogens is 238 g/mol. The Bertz CT molecular complexity index is 327. The van der Waals surface area contributed by atoms with E-state index >= 15 is 0 Å². The number of rotatable bonds is 7. The van der Waals surface area contributed by atoms with E-state index in [1.807, 2.05) is 24.3 Å². The minimum atomic E-state index is 0.135. The first-order chi connectivity index (χ1) is 8.19. The molecule has 0 saturated heterocycles. The molecule has 0 radical (unpaired) electrons. The highest BCUT2D eigenvalue weighted by atomic mass is 35.5. The van der Waals surface area contributed by atoms with Crippen LogP contribution in [-0.4, -0.2) is 31.5 Å². The quantitative estimate of drug-likeness (QED) is 0.788. The molecule has 0 aliphatic heterocycles. The van der Waals surface area contributed by atoms with Gasteiger partial charge < -0.3 is 15.2 Å². The summed E-state index contributed by atoms with van der Waals surface area (Å²) in [6, 6.07) is 8.04. The number of nitrogens with one attached hydrogen (secondary N) is 1. The predicted octanol–water partition coefficient (Wildman–Crippen LogP) is 2.39. The van der Waals surface area contributed by atoms with E-state index in [9.17, 15) is 0 Å². The van der Waals surface area contributed by atoms with Crippen molar-refractivity contribution in [2.75, 3.05) is 20.3 Å². The van der Waals surface area contributed by atoms with Gasteiger partial charge >= 0.3 is 0 Å². The van der Waals surface area contributed by atoms with Crippen LogP contribution >= 0.6 is 11.6 Å². The van der Waals surface area contributed by atoms with E-state index in [4.69, 9.17) is 21.4 Å². The van der Waals surface area contributed by atoms with Crippen molar-refractivity contribution in [3.8, 4) is 0 Å². The van der Waals surface area contributed by atoms with Gasteiger partial charge in [0, 0.05) is 30.8 Å². The van der Waals surface area contributed by atoms with Crippen molar-refractivity contribution in [3.63, 3.8) is 0 Å². The topological polar surface area (TPSA) is 41.5 Å². The number of hydrogen-bond acceptors (Lipinski definition) is 3. The highest BCUT2D eigenvalue weighted by Gasteiger charge is 2.14. The first-order valence-electron chi connectivity index (χ1n) is 5.79. The van der Waals surface area contributed by atoms with Gasteiger partial charge in [0.25, 0.3) is 0 Å². The third-order valence-corrected chi connectivity index (χ3v) is 3.05. The van der Waals surface area contributed by atoms with Gasteiger partial charge in [-0.1, -0.05) is 29.8 Å². The summed E-state index contributed by atoms with van der Waals surface area (Å²) >= 11 is 6.14.